The van der Waals surface area contributed by atoms with Gasteiger partial charge >= 0.3 is 6.18 Å². The summed E-state index contributed by atoms with van der Waals surface area (Å²) in [5, 5.41) is 0. The zero-order valence-corrected chi connectivity index (χ0v) is 13.7. The van der Waals surface area contributed by atoms with E-state index in [2.05, 4.69) is 6.58 Å². The molecule has 0 aromatic heterocycles. The Morgan fingerprint density at radius 3 is 2.13 bits per heavy atom. The number of rotatable bonds is 7. The molecule has 1 nitrogen and oxygen atoms in total. The number of hydrogen-bond donors (Lipinski definition) is 0. The number of hydrogen-bond acceptors (Lipinski definition) is 1. The van der Waals surface area contributed by atoms with Crippen molar-refractivity contribution in [2.75, 3.05) is 0 Å². The van der Waals surface area contributed by atoms with Crippen molar-refractivity contribution in [3.63, 3.8) is 0 Å². The van der Waals surface area contributed by atoms with Gasteiger partial charge in [0.25, 0.3) is 6.36 Å². The summed E-state index contributed by atoms with van der Waals surface area (Å²) in [4.78, 5) is 0. The molecule has 0 fully saturated rings. The van der Waals surface area contributed by atoms with Crippen LogP contribution >= 0.6 is 0 Å². The van der Waals surface area contributed by atoms with Crippen molar-refractivity contribution in [2.45, 2.75) is 40.2 Å². The van der Waals surface area contributed by atoms with Gasteiger partial charge in [0.15, 0.2) is 0 Å². The number of ether oxygens (including phenoxy) is 1. The van der Waals surface area contributed by atoms with Gasteiger partial charge in [-0.2, -0.15) is 17.6 Å². The van der Waals surface area contributed by atoms with E-state index in [1.807, 2.05) is 6.92 Å². The lowest BCUT2D eigenvalue weighted by Crippen LogP contribution is -2.10. The van der Waals surface area contributed by atoms with E-state index in [0.717, 1.165) is 25.2 Å². The highest BCUT2D eigenvalue weighted by Gasteiger charge is 2.29. The van der Waals surface area contributed by atoms with E-state index in [0.29, 0.717) is 11.1 Å². The number of allylic oxidation sites excluding steroid dienone is 8. The van der Waals surface area contributed by atoms with Crippen molar-refractivity contribution in [3.05, 3.63) is 71.6 Å². The minimum absolute atomic E-state index is 0.0840. The van der Waals surface area contributed by atoms with E-state index in [1.54, 1.807) is 38.2 Å². The van der Waals surface area contributed by atoms with Crippen molar-refractivity contribution in [3.8, 4) is 0 Å². The molecule has 128 valence electrons. The first-order valence-electron chi connectivity index (χ1n) is 6.99. The predicted molar refractivity (Wildman–Crippen MR) is 86.4 cm³/mol. The van der Waals surface area contributed by atoms with Crippen molar-refractivity contribution < 1.29 is 22.3 Å². The van der Waals surface area contributed by atoms with Crippen LogP contribution in [0.4, 0.5) is 17.6 Å². The first kappa shape index (κ1) is 21.0. The highest BCUT2D eigenvalue weighted by atomic mass is 19.4. The summed E-state index contributed by atoms with van der Waals surface area (Å²) >= 11 is 0. The van der Waals surface area contributed by atoms with Crippen LogP contribution in [0, 0.1) is 0 Å². The molecule has 0 heterocycles. The maximum atomic E-state index is 14.3. The molecule has 0 bridgehead atoms. The number of halogens is 4. The quantitative estimate of drug-likeness (QED) is 0.300. The second kappa shape index (κ2) is 9.87. The summed E-state index contributed by atoms with van der Waals surface area (Å²) in [5.41, 5.74) is 0.183. The summed E-state index contributed by atoms with van der Waals surface area (Å²) < 4.78 is 56.5. The lowest BCUT2D eigenvalue weighted by Gasteiger charge is -2.14. The number of alkyl halides is 4. The summed E-state index contributed by atoms with van der Waals surface area (Å²) in [6, 6.07) is 0. The van der Waals surface area contributed by atoms with Crippen LogP contribution < -0.4 is 0 Å². The monoisotopic (exact) mass is 330 g/mol. The van der Waals surface area contributed by atoms with Gasteiger partial charge in [0.2, 0.25) is 0 Å². The second-order valence-corrected chi connectivity index (χ2v) is 4.89. The average molecular weight is 330 g/mol. The summed E-state index contributed by atoms with van der Waals surface area (Å²) in [6.07, 6.45) is 3.51. The molecule has 1 unspecified atom stereocenters. The van der Waals surface area contributed by atoms with Gasteiger partial charge in [-0.1, -0.05) is 42.5 Å². The highest BCUT2D eigenvalue weighted by molar-refractivity contribution is 5.29. The third kappa shape index (κ3) is 8.24. The summed E-state index contributed by atoms with van der Waals surface area (Å²) in [5.74, 6) is -0.0840. The topological polar surface area (TPSA) is 9.23 Å². The van der Waals surface area contributed by atoms with Gasteiger partial charge in [-0.15, -0.1) is 0 Å². The third-order valence-electron chi connectivity index (χ3n) is 2.79. The Morgan fingerprint density at radius 2 is 1.70 bits per heavy atom. The predicted octanol–water partition coefficient (Wildman–Crippen LogP) is 6.35. The van der Waals surface area contributed by atoms with Crippen LogP contribution in [0.2, 0.25) is 0 Å². The highest BCUT2D eigenvalue weighted by Crippen LogP contribution is 2.25. The van der Waals surface area contributed by atoms with Crippen molar-refractivity contribution in [1.29, 1.82) is 0 Å². The average Bonchev–Trinajstić information content (AvgIpc) is 2.45. The molecule has 23 heavy (non-hydrogen) atoms. The largest absolute Gasteiger partial charge is 0.456 e. The lowest BCUT2D eigenvalue weighted by molar-refractivity contribution is -0.0913. The van der Waals surface area contributed by atoms with Gasteiger partial charge in [0, 0.05) is 11.1 Å². The normalized spacial score (nSPS) is 15.1. The van der Waals surface area contributed by atoms with Crippen LogP contribution in [0.1, 0.15) is 27.7 Å². The van der Waals surface area contributed by atoms with Crippen molar-refractivity contribution in [2.24, 2.45) is 0 Å². The van der Waals surface area contributed by atoms with Gasteiger partial charge in [-0.3, -0.25) is 0 Å². The molecule has 0 radical (unpaired) electrons. The first-order valence-corrected chi connectivity index (χ1v) is 6.99. The zero-order chi connectivity index (χ0) is 18.0. The minimum atomic E-state index is -4.43. The fourth-order valence-corrected chi connectivity index (χ4v) is 1.38. The van der Waals surface area contributed by atoms with E-state index in [-0.39, 0.29) is 5.76 Å². The van der Waals surface area contributed by atoms with Crippen LogP contribution in [0.25, 0.3) is 0 Å². The molecule has 0 saturated carbocycles. The van der Waals surface area contributed by atoms with Crippen molar-refractivity contribution in [1.82, 2.24) is 0 Å². The van der Waals surface area contributed by atoms with Crippen LogP contribution in [0.5, 0.6) is 0 Å². The van der Waals surface area contributed by atoms with E-state index in [9.17, 15) is 17.6 Å². The van der Waals surface area contributed by atoms with Crippen LogP contribution in [0.3, 0.4) is 0 Å². The first-order chi connectivity index (χ1) is 10.6. The Bertz CT molecular complexity index is 542. The maximum Gasteiger partial charge on any atom is 0.412 e. The Balaban J connectivity index is 5.26. The van der Waals surface area contributed by atoms with E-state index in [1.165, 1.54) is 0 Å². The zero-order valence-electron chi connectivity index (χ0n) is 13.7. The molecule has 0 spiro atoms. The lowest BCUT2D eigenvalue weighted by atomic mass is 10.1. The molecule has 0 amide bonds. The maximum absolute atomic E-state index is 14.3. The molecule has 0 aliphatic heterocycles. The second-order valence-electron chi connectivity index (χ2n) is 4.89. The molecular weight excluding hydrogens is 308 g/mol. The van der Waals surface area contributed by atoms with Gasteiger partial charge < -0.3 is 4.74 Å². The Hall–Kier alpha value is -2.04. The third-order valence-corrected chi connectivity index (χ3v) is 2.79. The molecule has 1 atom stereocenters. The molecule has 0 saturated heterocycles. The Morgan fingerprint density at radius 1 is 1.09 bits per heavy atom. The van der Waals surface area contributed by atoms with E-state index in [4.69, 9.17) is 4.74 Å². The Labute approximate surface area is 135 Å². The molecule has 0 aliphatic rings. The molecule has 0 rings (SSSR count). The van der Waals surface area contributed by atoms with Crippen LogP contribution in [-0.4, -0.2) is 12.5 Å². The van der Waals surface area contributed by atoms with Gasteiger partial charge in [0.1, 0.15) is 5.76 Å². The molecule has 0 aromatic carbocycles. The minimum Gasteiger partial charge on any atom is -0.456 e. The Kier molecular flexibility index (Phi) is 9.00. The molecular formula is C18H22F4O. The van der Waals surface area contributed by atoms with Gasteiger partial charge in [0.05, 0.1) is 0 Å². The fourth-order valence-electron chi connectivity index (χ4n) is 1.38. The standard InChI is InChI=1S/C18H22F4O/c1-6-8-9-10-16(13(3)4)17(19)23-15(7-2)12-11-14(5)18(20,21)22/h6-12,17H,2H2,1,3-5H3/b8-6-,10-9-,14-11+,15-12+. The van der Waals surface area contributed by atoms with Gasteiger partial charge in [-0.25, -0.2) is 0 Å². The fraction of sp³-hybridized carbons (Fsp3) is 0.333. The van der Waals surface area contributed by atoms with E-state index < -0.39 is 18.1 Å². The molecule has 0 aliphatic carbocycles. The smallest absolute Gasteiger partial charge is 0.412 e. The van der Waals surface area contributed by atoms with Gasteiger partial charge in [-0.05, 0) is 39.8 Å². The summed E-state index contributed by atoms with van der Waals surface area (Å²) in [7, 11) is 0. The summed E-state index contributed by atoms with van der Waals surface area (Å²) in [6.45, 7) is 9.60. The molecule has 0 aromatic rings. The SMILES string of the molecule is C=C/C(=C\C=C(/C)C(F)(F)F)OC(F)C(/C=C\C=C/C)=C(C)C. The molecule has 5 heteroatoms. The van der Waals surface area contributed by atoms with E-state index >= 15 is 0 Å². The molecule has 0 N–H and O–H groups in total. The van der Waals surface area contributed by atoms with Crippen LogP contribution in [0.15, 0.2) is 71.6 Å². The van der Waals surface area contributed by atoms with Crippen molar-refractivity contribution >= 4 is 0 Å². The van der Waals surface area contributed by atoms with Crippen LogP contribution in [-0.2, 0) is 4.74 Å².